The maximum atomic E-state index is 12.8. The number of amides is 4. The van der Waals surface area contributed by atoms with E-state index >= 15 is 0 Å². The lowest BCUT2D eigenvalue weighted by Gasteiger charge is -2.22. The summed E-state index contributed by atoms with van der Waals surface area (Å²) in [6.45, 7) is 2.63. The second kappa shape index (κ2) is 11.7. The fraction of sp³-hybridized carbons (Fsp3) is 0.800. The molecule has 0 bridgehead atoms. The van der Waals surface area contributed by atoms with E-state index < -0.39 is 45.6 Å². The highest BCUT2D eigenvalue weighted by molar-refractivity contribution is 8.00. The first-order valence-electron chi connectivity index (χ1n) is 11.6. The van der Waals surface area contributed by atoms with Crippen molar-refractivity contribution in [2.45, 2.75) is 86.9 Å². The fourth-order valence-electron chi connectivity index (χ4n) is 4.36. The third-order valence-electron chi connectivity index (χ3n) is 6.23. The minimum atomic E-state index is -4.79. The number of nitrogens with one attached hydrogen (secondary N) is 3. The molecule has 3 aliphatic rings. The lowest BCUT2D eigenvalue weighted by atomic mass is 10.0. The Morgan fingerprint density at radius 3 is 2.68 bits per heavy atom. The number of hydroxylamine groups is 2. The zero-order valence-electron chi connectivity index (χ0n) is 19.0. The molecule has 3 heterocycles. The lowest BCUT2D eigenvalue weighted by Crippen LogP contribution is -2.44. The highest BCUT2D eigenvalue weighted by Gasteiger charge is 2.49. The molecule has 192 valence electrons. The smallest absolute Gasteiger partial charge is 0.332 e. The number of rotatable bonds is 13. The molecule has 0 spiro atoms. The molecule has 3 aliphatic heterocycles. The molecule has 4 amide bonds. The average Bonchev–Trinajstić information content (AvgIpc) is 3.40. The van der Waals surface area contributed by atoms with Gasteiger partial charge in [-0.2, -0.15) is 20.2 Å². The summed E-state index contributed by atoms with van der Waals surface area (Å²) < 4.78 is 31.8. The van der Waals surface area contributed by atoms with Gasteiger partial charge in [0.05, 0.1) is 18.5 Å². The SMILES string of the molecule is CCCCCCNC(CCC[C@@H]1SC[C@@H]2NC(=O)N[C@@H]21)C(=O)ON1C(=O)CC(S(=O)(=O)O)C1=O. The molecule has 4 N–H and O–H groups in total. The van der Waals surface area contributed by atoms with Crippen LogP contribution in [0.5, 0.6) is 0 Å². The van der Waals surface area contributed by atoms with Crippen LogP contribution in [0.2, 0.25) is 0 Å². The van der Waals surface area contributed by atoms with Gasteiger partial charge in [-0.05, 0) is 25.8 Å². The van der Waals surface area contributed by atoms with Crippen LogP contribution in [0.1, 0.15) is 58.3 Å². The molecule has 3 rings (SSSR count). The molecule has 3 fully saturated rings. The fourth-order valence-corrected chi connectivity index (χ4v) is 6.61. The van der Waals surface area contributed by atoms with E-state index in [-0.39, 0.29) is 28.4 Å². The molecule has 0 aromatic heterocycles. The highest BCUT2D eigenvalue weighted by Crippen LogP contribution is 2.33. The van der Waals surface area contributed by atoms with Gasteiger partial charge in [0.2, 0.25) is 0 Å². The van der Waals surface area contributed by atoms with Gasteiger partial charge in [0.15, 0.2) is 5.25 Å². The van der Waals surface area contributed by atoms with Crippen LogP contribution in [0.25, 0.3) is 0 Å². The number of carbonyl (C=O) groups is 4. The van der Waals surface area contributed by atoms with E-state index in [2.05, 4.69) is 22.9 Å². The van der Waals surface area contributed by atoms with E-state index in [0.717, 1.165) is 37.9 Å². The number of carbonyl (C=O) groups excluding carboxylic acids is 4. The van der Waals surface area contributed by atoms with Gasteiger partial charge in [-0.25, -0.2) is 9.59 Å². The van der Waals surface area contributed by atoms with Gasteiger partial charge in [0, 0.05) is 11.0 Å². The quantitative estimate of drug-likeness (QED) is 0.115. The van der Waals surface area contributed by atoms with E-state index in [9.17, 15) is 27.6 Å². The summed E-state index contributed by atoms with van der Waals surface area (Å²) in [6, 6.07) is -0.825. The zero-order chi connectivity index (χ0) is 24.9. The van der Waals surface area contributed by atoms with Crippen LogP contribution in [0, 0.1) is 0 Å². The van der Waals surface area contributed by atoms with Crippen molar-refractivity contribution in [2.24, 2.45) is 0 Å². The van der Waals surface area contributed by atoms with Gasteiger partial charge >= 0.3 is 12.0 Å². The molecular weight excluding hydrogens is 488 g/mol. The number of fused-ring (bicyclic) bond motifs is 1. The summed E-state index contributed by atoms with van der Waals surface area (Å²) >= 11 is 1.76. The first-order chi connectivity index (χ1) is 16.1. The molecule has 34 heavy (non-hydrogen) atoms. The van der Waals surface area contributed by atoms with Crippen molar-refractivity contribution in [1.29, 1.82) is 0 Å². The Morgan fingerprint density at radius 2 is 2.00 bits per heavy atom. The number of nitrogens with zero attached hydrogens (tertiary/aromatic N) is 1. The molecular formula is C20H32N4O8S2. The van der Waals surface area contributed by atoms with E-state index in [1.54, 1.807) is 11.8 Å². The normalized spacial score (nSPS) is 27.5. The standard InChI is InChI=1S/C20H32N4O8S2/c1-2-3-4-5-9-21-12(7-6-8-14-17-13(11-33-14)22-20(28)23-17)19(27)32-24-16(25)10-15(18(24)26)34(29,30)31/h12-15,17,21H,2-11H2,1H3,(H2,22,23,28)(H,29,30,31)/t12?,13-,14-,15?,17-/m0/s1. The first-order valence-corrected chi connectivity index (χ1v) is 14.1. The molecule has 0 radical (unpaired) electrons. The predicted octanol–water partition coefficient (Wildman–Crippen LogP) is 0.334. The van der Waals surface area contributed by atoms with Crippen molar-refractivity contribution in [3.63, 3.8) is 0 Å². The number of unbranched alkanes of at least 4 members (excludes halogenated alkanes) is 3. The van der Waals surface area contributed by atoms with Crippen LogP contribution in [0.4, 0.5) is 4.79 Å². The molecule has 3 saturated heterocycles. The summed E-state index contributed by atoms with van der Waals surface area (Å²) in [4.78, 5) is 53.6. The monoisotopic (exact) mass is 520 g/mol. The Morgan fingerprint density at radius 1 is 1.24 bits per heavy atom. The summed E-state index contributed by atoms with van der Waals surface area (Å²) in [5.41, 5.74) is 0. The Hall–Kier alpha value is -1.90. The first kappa shape index (κ1) is 26.7. The third kappa shape index (κ3) is 6.61. The lowest BCUT2D eigenvalue weighted by molar-refractivity contribution is -0.199. The Labute approximate surface area is 203 Å². The summed E-state index contributed by atoms with van der Waals surface area (Å²) in [5, 5.41) is 7.32. The summed E-state index contributed by atoms with van der Waals surface area (Å²) in [6.07, 6.45) is 4.93. The van der Waals surface area contributed by atoms with Gasteiger partial charge in [-0.1, -0.05) is 32.6 Å². The highest BCUT2D eigenvalue weighted by atomic mass is 32.2. The molecule has 0 aromatic rings. The van der Waals surface area contributed by atoms with E-state index in [1.807, 2.05) is 0 Å². The number of imide groups is 1. The maximum Gasteiger partial charge on any atom is 0.349 e. The van der Waals surface area contributed by atoms with Crippen molar-refractivity contribution < 1.29 is 37.0 Å². The van der Waals surface area contributed by atoms with Crippen molar-refractivity contribution in [3.8, 4) is 0 Å². The van der Waals surface area contributed by atoms with Crippen molar-refractivity contribution >= 4 is 45.7 Å². The van der Waals surface area contributed by atoms with Gasteiger partial charge in [0.25, 0.3) is 21.9 Å². The molecule has 0 saturated carbocycles. The van der Waals surface area contributed by atoms with Gasteiger partial charge in [0.1, 0.15) is 6.04 Å². The van der Waals surface area contributed by atoms with Crippen LogP contribution in [-0.2, 0) is 29.3 Å². The Balaban J connectivity index is 1.55. The Bertz CT molecular complexity index is 899. The zero-order valence-corrected chi connectivity index (χ0v) is 20.7. The second-order valence-corrected chi connectivity index (χ2v) is 11.6. The van der Waals surface area contributed by atoms with Crippen LogP contribution >= 0.6 is 11.8 Å². The van der Waals surface area contributed by atoms with Gasteiger partial charge < -0.3 is 20.8 Å². The third-order valence-corrected chi connectivity index (χ3v) is 8.82. The predicted molar refractivity (Wildman–Crippen MR) is 123 cm³/mol. The minimum absolute atomic E-state index is 0.0436. The van der Waals surface area contributed by atoms with E-state index in [0.29, 0.717) is 19.4 Å². The molecule has 12 nitrogen and oxygen atoms in total. The molecule has 2 unspecified atom stereocenters. The maximum absolute atomic E-state index is 12.8. The van der Waals surface area contributed by atoms with Crippen molar-refractivity contribution in [3.05, 3.63) is 0 Å². The molecule has 0 aliphatic carbocycles. The average molecular weight is 521 g/mol. The number of thioether (sulfide) groups is 1. The molecule has 5 atom stereocenters. The van der Waals surface area contributed by atoms with Gasteiger partial charge in [-0.15, -0.1) is 5.06 Å². The van der Waals surface area contributed by atoms with Crippen LogP contribution in [-0.4, -0.2) is 82.8 Å². The van der Waals surface area contributed by atoms with E-state index in [4.69, 9.17) is 9.39 Å². The summed E-state index contributed by atoms with van der Waals surface area (Å²) in [5.74, 6) is -2.31. The molecule has 14 heteroatoms. The van der Waals surface area contributed by atoms with E-state index in [1.165, 1.54) is 0 Å². The number of hydrogen-bond donors (Lipinski definition) is 4. The van der Waals surface area contributed by atoms with Crippen molar-refractivity contribution in [2.75, 3.05) is 12.3 Å². The topological polar surface area (TPSA) is 171 Å². The number of hydrogen-bond acceptors (Lipinski definition) is 9. The Kier molecular flexibility index (Phi) is 9.18. The van der Waals surface area contributed by atoms with Crippen LogP contribution in [0.3, 0.4) is 0 Å². The second-order valence-electron chi connectivity index (χ2n) is 8.76. The van der Waals surface area contributed by atoms with Gasteiger partial charge in [-0.3, -0.25) is 14.1 Å². The largest absolute Gasteiger partial charge is 0.349 e. The minimum Gasteiger partial charge on any atom is -0.332 e. The molecule has 0 aromatic carbocycles. The van der Waals surface area contributed by atoms with Crippen molar-refractivity contribution in [1.82, 2.24) is 21.0 Å². The van der Waals surface area contributed by atoms with Crippen LogP contribution in [0.15, 0.2) is 0 Å². The summed E-state index contributed by atoms with van der Waals surface area (Å²) in [7, 11) is -4.79. The van der Waals surface area contributed by atoms with Crippen LogP contribution < -0.4 is 16.0 Å². The number of urea groups is 1.